The van der Waals surface area contributed by atoms with E-state index in [-0.39, 0.29) is 5.75 Å². The second kappa shape index (κ2) is 14.3. The number of nitrogens with one attached hydrogen (secondary N) is 2. The van der Waals surface area contributed by atoms with Gasteiger partial charge in [0, 0.05) is 36.2 Å². The van der Waals surface area contributed by atoms with Crippen molar-refractivity contribution >= 4 is 34.7 Å². The lowest BCUT2D eigenvalue weighted by Crippen LogP contribution is -2.18. The maximum absolute atomic E-state index is 13.4. The van der Waals surface area contributed by atoms with Crippen LogP contribution in [-0.4, -0.2) is 57.5 Å². The number of rotatable bonds is 12. The average molecular weight is 621 g/mol. The molecular formula is C36H36N4O6. The summed E-state index contributed by atoms with van der Waals surface area (Å²) in [6.45, 7) is 4.62. The Balaban J connectivity index is 1.33. The quantitative estimate of drug-likeness (QED) is 0.0691. The molecule has 0 aliphatic heterocycles. The Labute approximate surface area is 267 Å². The van der Waals surface area contributed by atoms with E-state index in [2.05, 4.69) is 21.6 Å². The third kappa shape index (κ3) is 6.96. The molecular weight excluding hydrogens is 584 g/mol. The molecule has 0 saturated heterocycles. The summed E-state index contributed by atoms with van der Waals surface area (Å²) in [5.74, 6) is 0.578. The van der Waals surface area contributed by atoms with E-state index in [0.29, 0.717) is 47.3 Å². The van der Waals surface area contributed by atoms with Crippen molar-refractivity contribution < 1.29 is 28.5 Å². The second-order valence-corrected chi connectivity index (χ2v) is 10.4. The fourth-order valence-corrected chi connectivity index (χ4v) is 4.94. The van der Waals surface area contributed by atoms with E-state index in [1.165, 1.54) is 13.3 Å². The smallest absolute Gasteiger partial charge is 0.343 e. The molecule has 0 spiro atoms. The normalized spacial score (nSPS) is 11.0. The number of hydrazone groups is 1. The lowest BCUT2D eigenvalue weighted by atomic mass is 10.0. The van der Waals surface area contributed by atoms with Crippen molar-refractivity contribution in [2.24, 2.45) is 5.10 Å². The number of esters is 1. The SMILES string of the molecule is CCOc1ccc(C(=O)Oc2ccc(C=NNC(=O)c3[nH]c4ccc(N(C)C)cc4c3-c3ccccc3)cc2OC)cc1OCC. The largest absolute Gasteiger partial charge is 0.493 e. The number of hydrogen-bond donors (Lipinski definition) is 2. The molecule has 1 amide bonds. The van der Waals surface area contributed by atoms with Gasteiger partial charge in [-0.05, 0) is 79.6 Å². The highest BCUT2D eigenvalue weighted by Gasteiger charge is 2.20. The molecule has 0 atom stereocenters. The van der Waals surface area contributed by atoms with Gasteiger partial charge in [-0.2, -0.15) is 5.10 Å². The van der Waals surface area contributed by atoms with E-state index in [9.17, 15) is 9.59 Å². The third-order valence-electron chi connectivity index (χ3n) is 7.14. The molecule has 0 aliphatic rings. The molecule has 0 aliphatic carbocycles. The Morgan fingerprint density at radius 1 is 0.848 bits per heavy atom. The molecule has 0 radical (unpaired) electrons. The Morgan fingerprint density at radius 2 is 1.59 bits per heavy atom. The molecule has 1 aromatic heterocycles. The molecule has 46 heavy (non-hydrogen) atoms. The maximum atomic E-state index is 13.4. The van der Waals surface area contributed by atoms with Gasteiger partial charge in [0.15, 0.2) is 23.0 Å². The first-order valence-corrected chi connectivity index (χ1v) is 14.8. The van der Waals surface area contributed by atoms with Crippen LogP contribution in [0.3, 0.4) is 0 Å². The van der Waals surface area contributed by atoms with Crippen LogP contribution in [0.25, 0.3) is 22.0 Å². The second-order valence-electron chi connectivity index (χ2n) is 10.4. The van der Waals surface area contributed by atoms with Crippen molar-refractivity contribution in [1.82, 2.24) is 10.4 Å². The van der Waals surface area contributed by atoms with Gasteiger partial charge in [0.1, 0.15) is 5.69 Å². The number of ether oxygens (including phenoxy) is 4. The van der Waals surface area contributed by atoms with Crippen molar-refractivity contribution in [2.45, 2.75) is 13.8 Å². The average Bonchev–Trinajstić information content (AvgIpc) is 3.45. The Bertz CT molecular complexity index is 1880. The van der Waals surface area contributed by atoms with Gasteiger partial charge < -0.3 is 28.8 Å². The number of anilines is 1. The molecule has 4 aromatic carbocycles. The van der Waals surface area contributed by atoms with Gasteiger partial charge in [-0.15, -0.1) is 0 Å². The van der Waals surface area contributed by atoms with Gasteiger partial charge in [-0.3, -0.25) is 4.79 Å². The van der Waals surface area contributed by atoms with E-state index in [1.807, 2.05) is 75.3 Å². The van der Waals surface area contributed by atoms with Gasteiger partial charge in [-0.1, -0.05) is 30.3 Å². The lowest BCUT2D eigenvalue weighted by Gasteiger charge is -2.13. The molecule has 2 N–H and O–H groups in total. The van der Waals surface area contributed by atoms with Crippen LogP contribution in [0.4, 0.5) is 5.69 Å². The highest BCUT2D eigenvalue weighted by atomic mass is 16.6. The van der Waals surface area contributed by atoms with Crippen LogP contribution in [0.2, 0.25) is 0 Å². The zero-order valence-electron chi connectivity index (χ0n) is 26.4. The van der Waals surface area contributed by atoms with E-state index in [4.69, 9.17) is 18.9 Å². The molecule has 236 valence electrons. The van der Waals surface area contributed by atoms with Gasteiger partial charge in [0.25, 0.3) is 5.91 Å². The summed E-state index contributed by atoms with van der Waals surface area (Å²) < 4.78 is 22.3. The molecule has 0 unspecified atom stereocenters. The molecule has 1 heterocycles. The molecule has 10 heteroatoms. The van der Waals surface area contributed by atoms with Crippen LogP contribution in [0.15, 0.2) is 90.0 Å². The number of aromatic amines is 1. The summed E-state index contributed by atoms with van der Waals surface area (Å²) >= 11 is 0. The minimum Gasteiger partial charge on any atom is -0.493 e. The Morgan fingerprint density at radius 3 is 2.30 bits per heavy atom. The van der Waals surface area contributed by atoms with Gasteiger partial charge >= 0.3 is 5.97 Å². The van der Waals surface area contributed by atoms with Crippen molar-refractivity contribution in [3.05, 3.63) is 102 Å². The van der Waals surface area contributed by atoms with Gasteiger partial charge in [0.05, 0.1) is 32.1 Å². The molecule has 0 fully saturated rings. The molecule has 0 bridgehead atoms. The highest BCUT2D eigenvalue weighted by Crippen LogP contribution is 2.35. The number of carbonyl (C=O) groups is 2. The number of fused-ring (bicyclic) bond motifs is 1. The zero-order chi connectivity index (χ0) is 32.6. The van der Waals surface area contributed by atoms with E-state index in [1.54, 1.807) is 36.4 Å². The van der Waals surface area contributed by atoms with Crippen molar-refractivity contribution in [2.75, 3.05) is 39.3 Å². The predicted octanol–water partition coefficient (Wildman–Crippen LogP) is 6.69. The topological polar surface area (TPSA) is 114 Å². The van der Waals surface area contributed by atoms with Crippen LogP contribution < -0.4 is 29.3 Å². The lowest BCUT2D eigenvalue weighted by molar-refractivity contribution is 0.0728. The summed E-state index contributed by atoms with van der Waals surface area (Å²) in [4.78, 5) is 31.7. The molecule has 5 aromatic rings. The number of aromatic nitrogens is 1. The van der Waals surface area contributed by atoms with Crippen molar-refractivity contribution in [3.63, 3.8) is 0 Å². The van der Waals surface area contributed by atoms with E-state index < -0.39 is 11.9 Å². The molecule has 0 saturated carbocycles. The highest BCUT2D eigenvalue weighted by molar-refractivity contribution is 6.10. The van der Waals surface area contributed by atoms with Gasteiger partial charge in [-0.25, -0.2) is 10.2 Å². The first kappa shape index (κ1) is 31.6. The standard InChI is InChI=1S/C36H36N4O6/c1-6-44-29-18-14-25(20-32(29)45-7-2)36(42)46-30-17-13-23(19-31(30)43-5)22-37-39-35(41)34-33(24-11-9-8-10-12-24)27-21-26(40(3)4)15-16-28(27)38-34/h8-22,38H,6-7H2,1-5H3,(H,39,41). The number of H-pyrrole nitrogens is 1. The number of amides is 1. The third-order valence-corrected chi connectivity index (χ3v) is 7.14. The first-order chi connectivity index (χ1) is 22.3. The van der Waals surface area contributed by atoms with E-state index in [0.717, 1.165) is 27.7 Å². The van der Waals surface area contributed by atoms with Crippen molar-refractivity contribution in [3.8, 4) is 34.1 Å². The van der Waals surface area contributed by atoms with Crippen molar-refractivity contribution in [1.29, 1.82) is 0 Å². The fourth-order valence-electron chi connectivity index (χ4n) is 4.94. The Kier molecular flexibility index (Phi) is 9.87. The van der Waals surface area contributed by atoms with Crippen LogP contribution >= 0.6 is 0 Å². The zero-order valence-corrected chi connectivity index (χ0v) is 26.4. The number of methoxy groups -OCH3 is 1. The first-order valence-electron chi connectivity index (χ1n) is 14.8. The van der Waals surface area contributed by atoms with Gasteiger partial charge in [0.2, 0.25) is 0 Å². The minimum absolute atomic E-state index is 0.225. The predicted molar refractivity (Wildman–Crippen MR) is 180 cm³/mol. The number of nitrogens with zero attached hydrogens (tertiary/aromatic N) is 2. The van der Waals surface area contributed by atoms with Crippen LogP contribution in [-0.2, 0) is 0 Å². The summed E-state index contributed by atoms with van der Waals surface area (Å²) in [5, 5.41) is 5.12. The summed E-state index contributed by atoms with van der Waals surface area (Å²) in [5.41, 5.74) is 7.51. The van der Waals surface area contributed by atoms with Crippen LogP contribution in [0, 0.1) is 0 Å². The van der Waals surface area contributed by atoms with Crippen LogP contribution in [0.1, 0.15) is 40.3 Å². The number of carbonyl (C=O) groups excluding carboxylic acids is 2. The number of hydrogen-bond acceptors (Lipinski definition) is 8. The number of benzene rings is 4. The Hall–Kier alpha value is -5.77. The summed E-state index contributed by atoms with van der Waals surface area (Å²) in [6, 6.07) is 25.6. The fraction of sp³-hybridized carbons (Fsp3) is 0.194. The summed E-state index contributed by atoms with van der Waals surface area (Å²) in [6.07, 6.45) is 1.49. The monoisotopic (exact) mass is 620 g/mol. The maximum Gasteiger partial charge on any atom is 0.343 e. The molecule has 5 rings (SSSR count). The summed E-state index contributed by atoms with van der Waals surface area (Å²) in [7, 11) is 5.43. The van der Waals surface area contributed by atoms with Crippen LogP contribution in [0.5, 0.6) is 23.0 Å². The molecule has 10 nitrogen and oxygen atoms in total. The van der Waals surface area contributed by atoms with E-state index >= 15 is 0 Å². The minimum atomic E-state index is -0.582.